The van der Waals surface area contributed by atoms with E-state index in [1.807, 2.05) is 0 Å². The highest BCUT2D eigenvalue weighted by Gasteiger charge is 2.15. The summed E-state index contributed by atoms with van der Waals surface area (Å²) >= 11 is 0. The molecule has 0 radical (unpaired) electrons. The minimum Gasteiger partial charge on any atom is -0.491 e. The maximum Gasteiger partial charge on any atom is 0.142 e. The summed E-state index contributed by atoms with van der Waals surface area (Å²) in [7, 11) is 0. The maximum atomic E-state index is 13.6. The number of anilines is 1. The van der Waals surface area contributed by atoms with Crippen LogP contribution in [0, 0.1) is 11.7 Å². The Kier molecular flexibility index (Phi) is 6.30. The number of hydrogen-bond donors (Lipinski definition) is 1. The lowest BCUT2D eigenvalue weighted by atomic mass is 10.1. The Morgan fingerprint density at radius 1 is 1.29 bits per heavy atom. The van der Waals surface area contributed by atoms with Gasteiger partial charge in [0.2, 0.25) is 0 Å². The maximum absolute atomic E-state index is 13.6. The Morgan fingerprint density at radius 3 is 2.95 bits per heavy atom. The Bertz CT molecular complexity index is 429. The summed E-state index contributed by atoms with van der Waals surface area (Å²) < 4.78 is 19.5. The zero-order valence-electron chi connectivity index (χ0n) is 13.2. The molecule has 3 nitrogen and oxygen atoms in total. The Morgan fingerprint density at radius 2 is 2.14 bits per heavy atom. The minimum atomic E-state index is -0.197. The molecule has 118 valence electrons. The van der Waals surface area contributed by atoms with Crippen molar-refractivity contribution in [3.05, 3.63) is 24.0 Å². The predicted molar refractivity (Wildman–Crippen MR) is 85.7 cm³/mol. The average Bonchev–Trinajstić information content (AvgIpc) is 2.73. The number of benzene rings is 1. The highest BCUT2D eigenvalue weighted by atomic mass is 19.1. The van der Waals surface area contributed by atoms with Crippen molar-refractivity contribution < 1.29 is 9.13 Å². The molecule has 1 aromatic rings. The molecule has 0 spiro atoms. The Hall–Kier alpha value is -1.29. The molecule has 1 aliphatic heterocycles. The van der Waals surface area contributed by atoms with E-state index >= 15 is 0 Å². The normalized spacial score (nSPS) is 16.1. The third kappa shape index (κ3) is 5.20. The lowest BCUT2D eigenvalue weighted by molar-refractivity contribution is 0.297. The van der Waals surface area contributed by atoms with E-state index in [1.165, 1.54) is 6.07 Å². The van der Waals surface area contributed by atoms with Gasteiger partial charge in [-0.3, -0.25) is 0 Å². The fourth-order valence-electron chi connectivity index (χ4n) is 2.62. The topological polar surface area (TPSA) is 24.5 Å². The highest BCUT2D eigenvalue weighted by Crippen LogP contribution is 2.30. The van der Waals surface area contributed by atoms with Crippen LogP contribution in [0.25, 0.3) is 0 Å². The van der Waals surface area contributed by atoms with E-state index in [-0.39, 0.29) is 5.82 Å². The fraction of sp³-hybridized carbons (Fsp3) is 0.647. The quantitative estimate of drug-likeness (QED) is 0.813. The summed E-state index contributed by atoms with van der Waals surface area (Å²) in [6, 6.07) is 4.85. The van der Waals surface area contributed by atoms with Crippen molar-refractivity contribution in [3.8, 4) is 5.75 Å². The van der Waals surface area contributed by atoms with Gasteiger partial charge in [0.1, 0.15) is 11.6 Å². The first kappa shape index (κ1) is 16.1. The minimum absolute atomic E-state index is 0.197. The number of halogens is 1. The zero-order chi connectivity index (χ0) is 15.1. The average molecular weight is 294 g/mol. The van der Waals surface area contributed by atoms with E-state index in [2.05, 4.69) is 24.1 Å². The molecule has 0 saturated carbocycles. The molecule has 0 aromatic heterocycles. The van der Waals surface area contributed by atoms with Crippen molar-refractivity contribution in [1.82, 2.24) is 5.32 Å². The number of nitrogens with one attached hydrogen (secondary N) is 1. The number of ether oxygens (including phenoxy) is 1. The molecule has 0 bridgehead atoms. The Balaban J connectivity index is 2.02. The van der Waals surface area contributed by atoms with E-state index in [0.717, 1.165) is 56.9 Å². The second-order valence-electron chi connectivity index (χ2n) is 6.09. The standard InChI is InChI=1S/C17H27FN2O/c1-14(2)5-3-12-21-17-7-6-15(18)13-16(17)20-10-4-8-19-9-11-20/h6-7,13-14,19H,3-5,8-12H2,1-2H3. The predicted octanol–water partition coefficient (Wildman–Crippen LogP) is 3.44. The van der Waals surface area contributed by atoms with Crippen LogP contribution in [-0.2, 0) is 0 Å². The third-order valence-corrected chi connectivity index (χ3v) is 3.79. The van der Waals surface area contributed by atoms with E-state index in [9.17, 15) is 4.39 Å². The third-order valence-electron chi connectivity index (χ3n) is 3.79. The second kappa shape index (κ2) is 8.23. The molecule has 1 aliphatic rings. The molecule has 0 amide bonds. The van der Waals surface area contributed by atoms with Gasteiger partial charge in [-0.15, -0.1) is 0 Å². The van der Waals surface area contributed by atoms with Crippen LogP contribution >= 0.6 is 0 Å². The van der Waals surface area contributed by atoms with E-state index < -0.39 is 0 Å². The van der Waals surface area contributed by atoms with E-state index in [4.69, 9.17) is 4.74 Å². The summed E-state index contributed by atoms with van der Waals surface area (Å²) in [5.74, 6) is 1.30. The SMILES string of the molecule is CC(C)CCCOc1ccc(F)cc1N1CCCNCC1. The molecule has 1 saturated heterocycles. The van der Waals surface area contributed by atoms with Crippen LogP contribution in [-0.4, -0.2) is 32.8 Å². The molecule has 2 rings (SSSR count). The van der Waals surface area contributed by atoms with Crippen molar-refractivity contribution in [1.29, 1.82) is 0 Å². The molecular weight excluding hydrogens is 267 g/mol. The van der Waals surface area contributed by atoms with E-state index in [1.54, 1.807) is 12.1 Å². The summed E-state index contributed by atoms with van der Waals surface area (Å²) in [6.07, 6.45) is 3.27. The van der Waals surface area contributed by atoms with Gasteiger partial charge in [-0.05, 0) is 43.9 Å². The molecule has 0 atom stereocenters. The monoisotopic (exact) mass is 294 g/mol. The largest absolute Gasteiger partial charge is 0.491 e. The summed E-state index contributed by atoms with van der Waals surface area (Å²) in [5, 5.41) is 3.37. The van der Waals surface area contributed by atoms with Crippen molar-refractivity contribution in [3.63, 3.8) is 0 Å². The number of nitrogens with zero attached hydrogens (tertiary/aromatic N) is 1. The van der Waals surface area contributed by atoms with Gasteiger partial charge < -0.3 is 15.0 Å². The van der Waals surface area contributed by atoms with Crippen LogP contribution in [0.2, 0.25) is 0 Å². The van der Waals surface area contributed by atoms with Crippen molar-refractivity contribution in [2.45, 2.75) is 33.1 Å². The van der Waals surface area contributed by atoms with Crippen LogP contribution in [0.4, 0.5) is 10.1 Å². The molecule has 0 aliphatic carbocycles. The number of hydrogen-bond acceptors (Lipinski definition) is 3. The second-order valence-corrected chi connectivity index (χ2v) is 6.09. The smallest absolute Gasteiger partial charge is 0.142 e. The lowest BCUT2D eigenvalue weighted by Crippen LogP contribution is -2.28. The van der Waals surface area contributed by atoms with Crippen LogP contribution in [0.5, 0.6) is 5.75 Å². The van der Waals surface area contributed by atoms with Gasteiger partial charge in [0.25, 0.3) is 0 Å². The van der Waals surface area contributed by atoms with E-state index in [0.29, 0.717) is 12.5 Å². The van der Waals surface area contributed by atoms with Crippen molar-refractivity contribution in [2.24, 2.45) is 5.92 Å². The van der Waals surface area contributed by atoms with Gasteiger partial charge in [0, 0.05) is 25.7 Å². The van der Waals surface area contributed by atoms with Crippen molar-refractivity contribution in [2.75, 3.05) is 37.7 Å². The molecule has 4 heteroatoms. The fourth-order valence-corrected chi connectivity index (χ4v) is 2.62. The lowest BCUT2D eigenvalue weighted by Gasteiger charge is -2.25. The zero-order valence-corrected chi connectivity index (χ0v) is 13.2. The first-order valence-corrected chi connectivity index (χ1v) is 8.05. The van der Waals surface area contributed by atoms with Gasteiger partial charge in [-0.25, -0.2) is 4.39 Å². The summed E-state index contributed by atoms with van der Waals surface area (Å²) in [6.45, 7) is 8.92. The van der Waals surface area contributed by atoms with Gasteiger partial charge in [0.05, 0.1) is 12.3 Å². The first-order chi connectivity index (χ1) is 10.2. The molecule has 1 aromatic carbocycles. The highest BCUT2D eigenvalue weighted by molar-refractivity contribution is 5.58. The molecule has 1 N–H and O–H groups in total. The Labute approximate surface area is 127 Å². The number of rotatable bonds is 6. The van der Waals surface area contributed by atoms with Gasteiger partial charge in [-0.2, -0.15) is 0 Å². The molecular formula is C17H27FN2O. The molecule has 1 heterocycles. The van der Waals surface area contributed by atoms with Gasteiger partial charge in [0.15, 0.2) is 0 Å². The molecule has 0 unspecified atom stereocenters. The summed E-state index contributed by atoms with van der Waals surface area (Å²) in [5.41, 5.74) is 0.892. The first-order valence-electron chi connectivity index (χ1n) is 8.05. The van der Waals surface area contributed by atoms with Crippen LogP contribution in [0.1, 0.15) is 33.1 Å². The van der Waals surface area contributed by atoms with Gasteiger partial charge in [-0.1, -0.05) is 13.8 Å². The summed E-state index contributed by atoms with van der Waals surface area (Å²) in [4.78, 5) is 2.22. The van der Waals surface area contributed by atoms with Crippen molar-refractivity contribution >= 4 is 5.69 Å². The molecule has 1 fully saturated rings. The molecule has 21 heavy (non-hydrogen) atoms. The van der Waals surface area contributed by atoms with Crippen LogP contribution in [0.3, 0.4) is 0 Å². The van der Waals surface area contributed by atoms with Crippen LogP contribution < -0.4 is 15.0 Å². The van der Waals surface area contributed by atoms with Crippen LogP contribution in [0.15, 0.2) is 18.2 Å². The van der Waals surface area contributed by atoms with Gasteiger partial charge >= 0.3 is 0 Å².